The molecule has 1 aromatic heterocycles. The van der Waals surface area contributed by atoms with Crippen molar-refractivity contribution in [2.45, 2.75) is 19.8 Å². The van der Waals surface area contributed by atoms with Crippen molar-refractivity contribution in [2.24, 2.45) is 0 Å². The smallest absolute Gasteiger partial charge is 0.311 e. The van der Waals surface area contributed by atoms with E-state index in [1.807, 2.05) is 30.3 Å². The zero-order chi connectivity index (χ0) is 20.4. The van der Waals surface area contributed by atoms with Crippen LogP contribution in [0.1, 0.15) is 33.7 Å². The van der Waals surface area contributed by atoms with Gasteiger partial charge in [-0.05, 0) is 30.2 Å². The second-order valence-corrected chi connectivity index (χ2v) is 6.94. The fourth-order valence-corrected chi connectivity index (χ4v) is 3.21. The molecule has 0 N–H and O–H groups in total. The molecule has 3 aromatic rings. The highest BCUT2D eigenvalue weighted by Crippen LogP contribution is 2.37. The van der Waals surface area contributed by atoms with Gasteiger partial charge in [-0.25, -0.2) is 0 Å². The molecule has 0 fully saturated rings. The Morgan fingerprint density at radius 2 is 2.00 bits per heavy atom. The van der Waals surface area contributed by atoms with Crippen LogP contribution in [0, 0.1) is 6.92 Å². The molecule has 2 aromatic carbocycles. The maximum absolute atomic E-state index is 12.7. The first-order valence-electron chi connectivity index (χ1n) is 8.95. The maximum Gasteiger partial charge on any atom is 0.311 e. The third-order valence-electron chi connectivity index (χ3n) is 4.38. The quantitative estimate of drug-likeness (QED) is 0.342. The summed E-state index contributed by atoms with van der Waals surface area (Å²) in [5, 5.41) is 3.80. The average Bonchev–Trinajstić information content (AvgIpc) is 3.24. The molecule has 4 rings (SSSR count). The van der Waals surface area contributed by atoms with Gasteiger partial charge in [-0.3, -0.25) is 9.59 Å². The third-order valence-corrected chi connectivity index (χ3v) is 4.56. The molecule has 29 heavy (non-hydrogen) atoms. The molecule has 0 spiro atoms. The minimum Gasteiger partial charge on any atom is -0.452 e. The van der Waals surface area contributed by atoms with E-state index in [4.69, 9.17) is 25.6 Å². The molecule has 7 heteroatoms. The topological polar surface area (TPSA) is 78.6 Å². The lowest BCUT2D eigenvalue weighted by atomic mass is 10.0. The Kier molecular flexibility index (Phi) is 5.18. The first-order chi connectivity index (χ1) is 14.0. The number of rotatable bonds is 5. The van der Waals surface area contributed by atoms with E-state index in [-0.39, 0.29) is 23.1 Å². The van der Waals surface area contributed by atoms with Gasteiger partial charge in [-0.1, -0.05) is 47.1 Å². The van der Waals surface area contributed by atoms with Gasteiger partial charge in [0.05, 0.1) is 12.0 Å². The molecule has 0 saturated carbocycles. The number of carbonyl (C=O) groups is 2. The van der Waals surface area contributed by atoms with Crippen LogP contribution in [0.4, 0.5) is 0 Å². The number of Topliss-reactive ketones (excluding diaryl/α,β-unsaturated/α-hetero) is 1. The van der Waals surface area contributed by atoms with Gasteiger partial charge >= 0.3 is 5.97 Å². The third kappa shape index (κ3) is 4.22. The molecule has 146 valence electrons. The summed E-state index contributed by atoms with van der Waals surface area (Å²) in [4.78, 5) is 24.8. The standard InChI is InChI=1S/C22H16ClNO5/c1-13-9-16(27-20(25)8-7-15-12-19(23)24-29-15)11-17-21(13)22(26)18(28-17)10-14-5-3-2-4-6-14/h2-6,9-12H,7-8H2,1H3/b18-10-. The second kappa shape index (κ2) is 7.93. The van der Waals surface area contributed by atoms with E-state index in [0.717, 1.165) is 5.56 Å². The van der Waals surface area contributed by atoms with Crippen molar-refractivity contribution in [1.82, 2.24) is 5.16 Å². The number of halogens is 1. The zero-order valence-electron chi connectivity index (χ0n) is 15.5. The second-order valence-electron chi connectivity index (χ2n) is 6.55. The number of aryl methyl sites for hydroxylation is 2. The highest BCUT2D eigenvalue weighted by atomic mass is 35.5. The van der Waals surface area contributed by atoms with Gasteiger partial charge in [0, 0.05) is 18.6 Å². The number of ketones is 1. The van der Waals surface area contributed by atoms with Gasteiger partial charge in [-0.2, -0.15) is 0 Å². The number of allylic oxidation sites excluding steroid dienone is 1. The van der Waals surface area contributed by atoms with E-state index in [2.05, 4.69) is 5.16 Å². The Balaban J connectivity index is 1.48. The molecule has 0 atom stereocenters. The van der Waals surface area contributed by atoms with Crippen LogP contribution in [0.15, 0.2) is 58.8 Å². The minimum absolute atomic E-state index is 0.0978. The van der Waals surface area contributed by atoms with Crippen LogP contribution in [0.5, 0.6) is 11.5 Å². The summed E-state index contributed by atoms with van der Waals surface area (Å²) in [6.45, 7) is 1.78. The molecule has 0 radical (unpaired) electrons. The largest absolute Gasteiger partial charge is 0.452 e. The Morgan fingerprint density at radius 3 is 2.72 bits per heavy atom. The van der Waals surface area contributed by atoms with Crippen LogP contribution in [0.2, 0.25) is 5.15 Å². The van der Waals surface area contributed by atoms with Gasteiger partial charge in [0.25, 0.3) is 0 Å². The van der Waals surface area contributed by atoms with Gasteiger partial charge in [0.15, 0.2) is 10.9 Å². The Morgan fingerprint density at radius 1 is 1.21 bits per heavy atom. The van der Waals surface area contributed by atoms with Crippen molar-refractivity contribution >= 4 is 29.4 Å². The molecule has 0 unspecified atom stereocenters. The number of ether oxygens (including phenoxy) is 2. The summed E-state index contributed by atoms with van der Waals surface area (Å²) in [6.07, 6.45) is 2.11. The number of aromatic nitrogens is 1. The van der Waals surface area contributed by atoms with E-state index in [0.29, 0.717) is 34.8 Å². The Hall–Kier alpha value is -3.38. The summed E-state index contributed by atoms with van der Waals surface area (Å²) in [5.41, 5.74) is 2.01. The molecular formula is C22H16ClNO5. The SMILES string of the molecule is Cc1cc(OC(=O)CCc2cc(Cl)no2)cc2c1C(=O)/C(=C/c1ccccc1)O2. The average molecular weight is 410 g/mol. The van der Waals surface area contributed by atoms with Crippen molar-refractivity contribution in [2.75, 3.05) is 0 Å². The number of fused-ring (bicyclic) bond motifs is 1. The van der Waals surface area contributed by atoms with E-state index in [1.165, 1.54) is 0 Å². The first kappa shape index (κ1) is 19.0. The monoisotopic (exact) mass is 409 g/mol. The predicted molar refractivity (Wildman–Crippen MR) is 106 cm³/mol. The minimum atomic E-state index is -0.443. The molecule has 0 amide bonds. The molecule has 2 heterocycles. The lowest BCUT2D eigenvalue weighted by molar-refractivity contribution is -0.134. The summed E-state index contributed by atoms with van der Waals surface area (Å²) in [5.74, 6) is 0.793. The molecule has 1 aliphatic rings. The lowest BCUT2D eigenvalue weighted by Crippen LogP contribution is -2.09. The number of esters is 1. The van der Waals surface area contributed by atoms with Crippen molar-refractivity contribution in [1.29, 1.82) is 0 Å². The van der Waals surface area contributed by atoms with Gasteiger partial charge in [0.2, 0.25) is 5.78 Å². The summed E-state index contributed by atoms with van der Waals surface area (Å²) in [7, 11) is 0. The van der Waals surface area contributed by atoms with E-state index >= 15 is 0 Å². The molecule has 6 nitrogen and oxygen atoms in total. The van der Waals surface area contributed by atoms with Crippen molar-refractivity contribution in [3.63, 3.8) is 0 Å². The molecule has 0 bridgehead atoms. The van der Waals surface area contributed by atoms with E-state index in [1.54, 1.807) is 31.2 Å². The molecular weight excluding hydrogens is 394 g/mol. The molecule has 1 aliphatic heterocycles. The fraction of sp³-hybridized carbons (Fsp3) is 0.136. The highest BCUT2D eigenvalue weighted by Gasteiger charge is 2.30. The first-order valence-corrected chi connectivity index (χ1v) is 9.33. The fourth-order valence-electron chi connectivity index (χ4n) is 3.05. The number of benzene rings is 2. The van der Waals surface area contributed by atoms with Gasteiger partial charge in [0.1, 0.15) is 17.3 Å². The molecule has 0 aliphatic carbocycles. The van der Waals surface area contributed by atoms with E-state index < -0.39 is 5.97 Å². The lowest BCUT2D eigenvalue weighted by Gasteiger charge is -2.07. The van der Waals surface area contributed by atoms with Crippen LogP contribution < -0.4 is 9.47 Å². The van der Waals surface area contributed by atoms with Gasteiger partial charge < -0.3 is 14.0 Å². The Bertz CT molecular complexity index is 1120. The van der Waals surface area contributed by atoms with Crippen LogP contribution >= 0.6 is 11.6 Å². The highest BCUT2D eigenvalue weighted by molar-refractivity contribution is 6.29. The van der Waals surface area contributed by atoms with Crippen LogP contribution in [0.25, 0.3) is 6.08 Å². The maximum atomic E-state index is 12.7. The zero-order valence-corrected chi connectivity index (χ0v) is 16.2. The summed E-state index contributed by atoms with van der Waals surface area (Å²) >= 11 is 5.68. The van der Waals surface area contributed by atoms with Crippen molar-refractivity contribution < 1.29 is 23.6 Å². The summed E-state index contributed by atoms with van der Waals surface area (Å²) in [6, 6.07) is 14.2. The number of hydrogen-bond donors (Lipinski definition) is 0. The van der Waals surface area contributed by atoms with Gasteiger partial charge in [-0.15, -0.1) is 0 Å². The van der Waals surface area contributed by atoms with Crippen LogP contribution in [-0.4, -0.2) is 16.9 Å². The number of carbonyl (C=O) groups excluding carboxylic acids is 2. The van der Waals surface area contributed by atoms with Crippen LogP contribution in [-0.2, 0) is 11.2 Å². The summed E-state index contributed by atoms with van der Waals surface area (Å²) < 4.78 is 16.1. The molecule has 0 saturated heterocycles. The van der Waals surface area contributed by atoms with Crippen molar-refractivity contribution in [3.8, 4) is 11.5 Å². The predicted octanol–water partition coefficient (Wildman–Crippen LogP) is 4.79. The normalized spacial score (nSPS) is 14.0. The van der Waals surface area contributed by atoms with Crippen molar-refractivity contribution in [3.05, 3.63) is 81.9 Å². The number of hydrogen-bond acceptors (Lipinski definition) is 6. The number of nitrogens with zero attached hydrogens (tertiary/aromatic N) is 1. The Labute approximate surface area is 171 Å². The van der Waals surface area contributed by atoms with E-state index in [9.17, 15) is 9.59 Å². The van der Waals surface area contributed by atoms with Crippen LogP contribution in [0.3, 0.4) is 0 Å².